The molecule has 0 bridgehead atoms. The molecular formula is C10H14ClNO. The molecule has 2 N–H and O–H groups in total. The van der Waals surface area contributed by atoms with E-state index >= 15 is 0 Å². The summed E-state index contributed by atoms with van der Waals surface area (Å²) in [5, 5.41) is 12.8. The van der Waals surface area contributed by atoms with Crippen molar-refractivity contribution in [1.82, 2.24) is 5.32 Å². The highest BCUT2D eigenvalue weighted by molar-refractivity contribution is 5.85. The van der Waals surface area contributed by atoms with Gasteiger partial charge in [-0.25, -0.2) is 0 Å². The van der Waals surface area contributed by atoms with E-state index in [9.17, 15) is 5.11 Å². The van der Waals surface area contributed by atoms with Gasteiger partial charge in [0, 0.05) is 6.42 Å². The Balaban J connectivity index is 0.000000845. The molecule has 0 saturated heterocycles. The number of hydrogen-bond donors (Lipinski definition) is 2. The number of rotatable bonds is 1. The second-order valence-corrected chi connectivity index (χ2v) is 3.24. The van der Waals surface area contributed by atoms with Crippen LogP contribution in [0.3, 0.4) is 0 Å². The summed E-state index contributed by atoms with van der Waals surface area (Å²) >= 11 is 0. The van der Waals surface area contributed by atoms with E-state index in [-0.39, 0.29) is 24.6 Å². The summed E-state index contributed by atoms with van der Waals surface area (Å²) in [4.78, 5) is 0. The van der Waals surface area contributed by atoms with Gasteiger partial charge in [-0.05, 0) is 18.2 Å². The molecule has 0 aliphatic heterocycles. The molecule has 0 aromatic heterocycles. The van der Waals surface area contributed by atoms with Crippen LogP contribution in [0.5, 0.6) is 0 Å². The molecule has 0 saturated carbocycles. The maximum atomic E-state index is 9.65. The molecule has 3 heteroatoms. The monoisotopic (exact) mass is 199 g/mol. The number of fused-ring (bicyclic) bond motifs is 1. The summed E-state index contributed by atoms with van der Waals surface area (Å²) < 4.78 is 0. The van der Waals surface area contributed by atoms with E-state index in [1.54, 1.807) is 0 Å². The van der Waals surface area contributed by atoms with E-state index < -0.39 is 0 Å². The minimum atomic E-state index is -0.257. The Hall–Kier alpha value is -0.570. The number of aliphatic hydroxyl groups excluding tert-OH is 1. The Morgan fingerprint density at radius 2 is 2.08 bits per heavy atom. The van der Waals surface area contributed by atoms with Crippen LogP contribution in [-0.2, 0) is 6.42 Å². The zero-order chi connectivity index (χ0) is 8.55. The van der Waals surface area contributed by atoms with Gasteiger partial charge in [-0.1, -0.05) is 24.3 Å². The first-order valence-corrected chi connectivity index (χ1v) is 4.26. The fraction of sp³-hybridized carbons (Fsp3) is 0.400. The molecule has 72 valence electrons. The number of likely N-dealkylation sites (N-methyl/N-ethyl adjacent to an activating group) is 1. The van der Waals surface area contributed by atoms with Crippen molar-refractivity contribution in [3.8, 4) is 0 Å². The molecular weight excluding hydrogens is 186 g/mol. The molecule has 1 aromatic rings. The van der Waals surface area contributed by atoms with Crippen LogP contribution < -0.4 is 5.32 Å². The van der Waals surface area contributed by atoms with Crippen LogP contribution >= 0.6 is 12.4 Å². The summed E-state index contributed by atoms with van der Waals surface area (Å²) in [5.74, 6) is 0. The zero-order valence-electron chi connectivity index (χ0n) is 7.53. The first kappa shape index (κ1) is 10.5. The lowest BCUT2D eigenvalue weighted by atomic mass is 10.1. The lowest BCUT2D eigenvalue weighted by Gasteiger charge is -2.13. The SMILES string of the molecule is CN[C@H]1c2ccccc2C[C@H]1O.Cl. The fourth-order valence-electron chi connectivity index (χ4n) is 1.92. The molecule has 0 radical (unpaired) electrons. The van der Waals surface area contributed by atoms with Crippen LogP contribution in [0.25, 0.3) is 0 Å². The molecule has 0 heterocycles. The standard InChI is InChI=1S/C10H13NO.ClH/c1-11-10-8-5-3-2-4-7(8)6-9(10)12;/h2-5,9-12H,6H2,1H3;1H/t9-,10+;/m1./s1. The topological polar surface area (TPSA) is 32.3 Å². The van der Waals surface area contributed by atoms with E-state index in [1.165, 1.54) is 11.1 Å². The highest BCUT2D eigenvalue weighted by atomic mass is 35.5. The lowest BCUT2D eigenvalue weighted by Crippen LogP contribution is -2.25. The number of aliphatic hydroxyl groups is 1. The minimum absolute atomic E-state index is 0. The summed E-state index contributed by atoms with van der Waals surface area (Å²) in [6, 6.07) is 8.31. The van der Waals surface area contributed by atoms with Crippen molar-refractivity contribution in [2.75, 3.05) is 7.05 Å². The van der Waals surface area contributed by atoms with E-state index in [0.29, 0.717) is 0 Å². The van der Waals surface area contributed by atoms with Crippen LogP contribution in [0, 0.1) is 0 Å². The van der Waals surface area contributed by atoms with Crippen LogP contribution in [-0.4, -0.2) is 18.3 Å². The molecule has 2 atom stereocenters. The van der Waals surface area contributed by atoms with Crippen LogP contribution in [0.1, 0.15) is 17.2 Å². The van der Waals surface area contributed by atoms with Crippen LogP contribution in [0.15, 0.2) is 24.3 Å². The van der Waals surface area contributed by atoms with Gasteiger partial charge in [0.15, 0.2) is 0 Å². The van der Waals surface area contributed by atoms with Gasteiger partial charge in [-0.3, -0.25) is 0 Å². The third-order valence-electron chi connectivity index (χ3n) is 2.51. The Kier molecular flexibility index (Phi) is 3.31. The molecule has 13 heavy (non-hydrogen) atoms. The van der Waals surface area contributed by atoms with Crippen molar-refractivity contribution < 1.29 is 5.11 Å². The molecule has 2 rings (SSSR count). The average molecular weight is 200 g/mol. The predicted octanol–water partition coefficient (Wildman–Crippen LogP) is 1.29. The lowest BCUT2D eigenvalue weighted by molar-refractivity contribution is 0.145. The molecule has 0 spiro atoms. The van der Waals surface area contributed by atoms with Gasteiger partial charge >= 0.3 is 0 Å². The summed E-state index contributed by atoms with van der Waals surface area (Å²) in [6.45, 7) is 0. The molecule has 1 aliphatic rings. The van der Waals surface area contributed by atoms with E-state index in [2.05, 4.69) is 17.4 Å². The van der Waals surface area contributed by atoms with Crippen molar-refractivity contribution in [2.24, 2.45) is 0 Å². The number of nitrogens with one attached hydrogen (secondary N) is 1. The summed E-state index contributed by atoms with van der Waals surface area (Å²) in [6.07, 6.45) is 0.522. The summed E-state index contributed by atoms with van der Waals surface area (Å²) in [7, 11) is 1.88. The van der Waals surface area contributed by atoms with Crippen molar-refractivity contribution in [1.29, 1.82) is 0 Å². The first-order chi connectivity index (χ1) is 5.83. The van der Waals surface area contributed by atoms with Crippen molar-refractivity contribution >= 4 is 12.4 Å². The van der Waals surface area contributed by atoms with Crippen molar-refractivity contribution in [2.45, 2.75) is 18.6 Å². The predicted molar refractivity (Wildman–Crippen MR) is 55.2 cm³/mol. The first-order valence-electron chi connectivity index (χ1n) is 4.26. The van der Waals surface area contributed by atoms with E-state index in [4.69, 9.17) is 0 Å². The largest absolute Gasteiger partial charge is 0.391 e. The third kappa shape index (κ3) is 1.70. The Morgan fingerprint density at radius 1 is 1.38 bits per heavy atom. The molecule has 2 nitrogen and oxygen atoms in total. The second kappa shape index (κ2) is 4.09. The smallest absolute Gasteiger partial charge is 0.0775 e. The number of halogens is 1. The molecule has 0 unspecified atom stereocenters. The van der Waals surface area contributed by atoms with Gasteiger partial charge in [0.25, 0.3) is 0 Å². The van der Waals surface area contributed by atoms with Crippen molar-refractivity contribution in [3.05, 3.63) is 35.4 Å². The number of benzene rings is 1. The van der Waals surface area contributed by atoms with Crippen LogP contribution in [0.4, 0.5) is 0 Å². The Labute approximate surface area is 84.4 Å². The summed E-state index contributed by atoms with van der Waals surface area (Å²) in [5.41, 5.74) is 2.51. The second-order valence-electron chi connectivity index (χ2n) is 3.24. The normalized spacial score (nSPS) is 25.1. The molecule has 0 fully saturated rings. The molecule has 1 aromatic carbocycles. The van der Waals surface area contributed by atoms with Gasteiger partial charge < -0.3 is 10.4 Å². The van der Waals surface area contributed by atoms with Gasteiger partial charge in [-0.15, -0.1) is 12.4 Å². The zero-order valence-corrected chi connectivity index (χ0v) is 8.34. The van der Waals surface area contributed by atoms with E-state index in [1.807, 2.05) is 19.2 Å². The highest BCUT2D eigenvalue weighted by Gasteiger charge is 2.28. The minimum Gasteiger partial charge on any atom is -0.391 e. The van der Waals surface area contributed by atoms with Gasteiger partial charge in [0.1, 0.15) is 0 Å². The van der Waals surface area contributed by atoms with Gasteiger partial charge in [-0.2, -0.15) is 0 Å². The van der Waals surface area contributed by atoms with Gasteiger partial charge in [0.05, 0.1) is 12.1 Å². The quantitative estimate of drug-likeness (QED) is 0.715. The molecule has 1 aliphatic carbocycles. The van der Waals surface area contributed by atoms with Crippen molar-refractivity contribution in [3.63, 3.8) is 0 Å². The Bertz CT molecular complexity index is 290. The molecule has 0 amide bonds. The average Bonchev–Trinajstić information content (AvgIpc) is 2.40. The maximum Gasteiger partial charge on any atom is 0.0775 e. The van der Waals surface area contributed by atoms with E-state index in [0.717, 1.165) is 6.42 Å². The Morgan fingerprint density at radius 3 is 2.77 bits per heavy atom. The number of hydrogen-bond acceptors (Lipinski definition) is 2. The third-order valence-corrected chi connectivity index (χ3v) is 2.51. The fourth-order valence-corrected chi connectivity index (χ4v) is 1.92. The highest BCUT2D eigenvalue weighted by Crippen LogP contribution is 2.30. The van der Waals surface area contributed by atoms with Gasteiger partial charge in [0.2, 0.25) is 0 Å². The maximum absolute atomic E-state index is 9.65. The van der Waals surface area contributed by atoms with Crippen LogP contribution in [0.2, 0.25) is 0 Å².